The molecule has 1 aromatic heterocycles. The molecule has 0 unspecified atom stereocenters. The van der Waals surface area contributed by atoms with Gasteiger partial charge in [0, 0.05) is 31.4 Å². The van der Waals surface area contributed by atoms with Crippen molar-refractivity contribution in [2.75, 3.05) is 43.3 Å². The molecule has 0 aliphatic heterocycles. The van der Waals surface area contributed by atoms with Crippen LogP contribution >= 0.6 is 0 Å². The zero-order valence-electron chi connectivity index (χ0n) is 22.1. The van der Waals surface area contributed by atoms with Crippen LogP contribution in [-0.2, 0) is 16.6 Å². The molecule has 0 saturated heterocycles. The number of benzene rings is 3. The number of nitrogens with one attached hydrogen (secondary N) is 4. The van der Waals surface area contributed by atoms with E-state index < -0.39 is 10.0 Å². The quantitative estimate of drug-likeness (QED) is 0.178. The number of rotatable bonds is 13. The van der Waals surface area contributed by atoms with Gasteiger partial charge in [0.15, 0.2) is 0 Å². The molecule has 10 nitrogen and oxygen atoms in total. The highest BCUT2D eigenvalue weighted by molar-refractivity contribution is 7.89. The van der Waals surface area contributed by atoms with Gasteiger partial charge in [0.2, 0.25) is 16.0 Å². The maximum atomic E-state index is 12.6. The zero-order chi connectivity index (χ0) is 27.7. The summed E-state index contributed by atoms with van der Waals surface area (Å²) in [6, 6.07) is 23.8. The van der Waals surface area contributed by atoms with Crippen LogP contribution in [0, 0.1) is 6.92 Å². The molecule has 0 aliphatic rings. The smallest absolute Gasteiger partial charge is 0.240 e. The average Bonchev–Trinajstić information content (AvgIpc) is 2.96. The first-order valence-electron chi connectivity index (χ1n) is 12.3. The van der Waals surface area contributed by atoms with Crippen LogP contribution in [0.25, 0.3) is 0 Å². The van der Waals surface area contributed by atoms with Gasteiger partial charge in [0.1, 0.15) is 23.1 Å². The fraction of sp³-hybridized carbons (Fsp3) is 0.214. The van der Waals surface area contributed by atoms with Crippen molar-refractivity contribution >= 4 is 33.3 Å². The number of methoxy groups -OCH3 is 2. The van der Waals surface area contributed by atoms with Crippen LogP contribution < -0.4 is 30.1 Å². The maximum Gasteiger partial charge on any atom is 0.240 e. The van der Waals surface area contributed by atoms with Crippen molar-refractivity contribution in [1.29, 1.82) is 0 Å². The molecule has 0 amide bonds. The standard InChI is InChI=1S/C28H32N6O4S/c1-20-4-8-22(9-5-20)32-27-18-26(30-19-21-6-10-23(37-2)11-7-21)33-28(34-27)29-16-17-31-39(35,36)25-14-12-24(38-3)13-15-25/h4-15,18,31H,16-17,19H2,1-3H3,(H3,29,30,32,33,34). The van der Waals surface area contributed by atoms with E-state index in [0.717, 1.165) is 22.6 Å². The third-order valence-electron chi connectivity index (χ3n) is 5.75. The summed E-state index contributed by atoms with van der Waals surface area (Å²) in [5.74, 6) is 2.93. The van der Waals surface area contributed by atoms with Gasteiger partial charge in [-0.3, -0.25) is 0 Å². The molecule has 204 valence electrons. The number of aryl methyl sites for hydroxylation is 1. The number of nitrogens with zero attached hydrogens (tertiary/aromatic N) is 2. The molecular weight excluding hydrogens is 516 g/mol. The first kappa shape index (κ1) is 27.7. The Morgan fingerprint density at radius 1 is 0.744 bits per heavy atom. The van der Waals surface area contributed by atoms with Crippen molar-refractivity contribution < 1.29 is 17.9 Å². The second-order valence-corrected chi connectivity index (χ2v) is 10.4. The summed E-state index contributed by atoms with van der Waals surface area (Å²) >= 11 is 0. The fourth-order valence-electron chi connectivity index (χ4n) is 3.60. The van der Waals surface area contributed by atoms with E-state index in [2.05, 4.69) is 30.6 Å². The first-order valence-corrected chi connectivity index (χ1v) is 13.8. The van der Waals surface area contributed by atoms with Crippen LogP contribution in [0.2, 0.25) is 0 Å². The van der Waals surface area contributed by atoms with Crippen molar-refractivity contribution in [2.24, 2.45) is 0 Å². The van der Waals surface area contributed by atoms with Gasteiger partial charge in [0.25, 0.3) is 0 Å². The van der Waals surface area contributed by atoms with E-state index in [1.54, 1.807) is 19.2 Å². The van der Waals surface area contributed by atoms with Gasteiger partial charge in [-0.05, 0) is 61.0 Å². The average molecular weight is 549 g/mol. The van der Waals surface area contributed by atoms with Crippen molar-refractivity contribution in [3.05, 3.63) is 90.0 Å². The van der Waals surface area contributed by atoms with Crippen molar-refractivity contribution in [1.82, 2.24) is 14.7 Å². The van der Waals surface area contributed by atoms with Gasteiger partial charge in [0.05, 0.1) is 19.1 Å². The molecule has 0 radical (unpaired) electrons. The first-order chi connectivity index (χ1) is 18.8. The molecule has 4 aromatic rings. The number of aromatic nitrogens is 2. The van der Waals surface area contributed by atoms with Gasteiger partial charge < -0.3 is 25.4 Å². The highest BCUT2D eigenvalue weighted by atomic mass is 32.2. The summed E-state index contributed by atoms with van der Waals surface area (Å²) in [4.78, 5) is 9.28. The van der Waals surface area contributed by atoms with Crippen LogP contribution in [0.3, 0.4) is 0 Å². The minimum Gasteiger partial charge on any atom is -0.497 e. The molecule has 0 saturated carbocycles. The topological polar surface area (TPSA) is 126 Å². The van der Waals surface area contributed by atoms with Crippen LogP contribution in [0.4, 0.5) is 23.3 Å². The van der Waals surface area contributed by atoms with E-state index >= 15 is 0 Å². The fourth-order valence-corrected chi connectivity index (χ4v) is 4.63. The Hall–Kier alpha value is -4.35. The van der Waals surface area contributed by atoms with Gasteiger partial charge in [-0.15, -0.1) is 0 Å². The molecule has 0 atom stereocenters. The van der Waals surface area contributed by atoms with Crippen molar-refractivity contribution in [3.63, 3.8) is 0 Å². The van der Waals surface area contributed by atoms with Crippen molar-refractivity contribution in [3.8, 4) is 11.5 Å². The van der Waals surface area contributed by atoms with Gasteiger partial charge in [-0.2, -0.15) is 9.97 Å². The molecule has 0 bridgehead atoms. The third-order valence-corrected chi connectivity index (χ3v) is 7.23. The Morgan fingerprint density at radius 3 is 2.00 bits per heavy atom. The van der Waals surface area contributed by atoms with Gasteiger partial charge in [-0.25, -0.2) is 13.1 Å². The molecule has 0 fully saturated rings. The van der Waals surface area contributed by atoms with E-state index in [0.29, 0.717) is 29.9 Å². The molecule has 3 aromatic carbocycles. The van der Waals surface area contributed by atoms with Crippen LogP contribution in [-0.4, -0.2) is 45.7 Å². The second kappa shape index (κ2) is 12.9. The molecule has 0 aliphatic carbocycles. The van der Waals surface area contributed by atoms with E-state index in [9.17, 15) is 8.42 Å². The SMILES string of the molecule is COc1ccc(CNc2cc(Nc3ccc(C)cc3)nc(NCCNS(=O)(=O)c3ccc(OC)cc3)n2)cc1. The van der Waals surface area contributed by atoms with E-state index in [4.69, 9.17) is 9.47 Å². The van der Waals surface area contributed by atoms with Crippen molar-refractivity contribution in [2.45, 2.75) is 18.4 Å². The lowest BCUT2D eigenvalue weighted by atomic mass is 10.2. The Morgan fingerprint density at radius 2 is 1.36 bits per heavy atom. The number of hydrogen-bond donors (Lipinski definition) is 4. The summed E-state index contributed by atoms with van der Waals surface area (Å²) in [6.45, 7) is 3.00. The largest absolute Gasteiger partial charge is 0.497 e. The minimum absolute atomic E-state index is 0.141. The van der Waals surface area contributed by atoms with Gasteiger partial charge in [-0.1, -0.05) is 29.8 Å². The number of ether oxygens (including phenoxy) is 2. The summed E-state index contributed by atoms with van der Waals surface area (Å²) in [7, 11) is -0.502. The normalized spacial score (nSPS) is 11.1. The second-order valence-electron chi connectivity index (χ2n) is 8.65. The van der Waals surface area contributed by atoms with E-state index in [1.165, 1.54) is 19.2 Å². The van der Waals surface area contributed by atoms with Crippen LogP contribution in [0.15, 0.2) is 83.8 Å². The number of anilines is 4. The monoisotopic (exact) mass is 548 g/mol. The van der Waals surface area contributed by atoms with E-state index in [1.807, 2.05) is 61.5 Å². The number of hydrogen-bond acceptors (Lipinski definition) is 9. The molecule has 0 spiro atoms. The minimum atomic E-state index is -3.66. The van der Waals surface area contributed by atoms with Crippen LogP contribution in [0.1, 0.15) is 11.1 Å². The maximum absolute atomic E-state index is 12.6. The Bertz CT molecular complexity index is 1460. The molecule has 11 heteroatoms. The number of sulfonamides is 1. The lowest BCUT2D eigenvalue weighted by Crippen LogP contribution is -2.29. The predicted molar refractivity (Wildman–Crippen MR) is 153 cm³/mol. The Labute approximate surface area is 228 Å². The third kappa shape index (κ3) is 8.06. The molecule has 39 heavy (non-hydrogen) atoms. The Kier molecular flexibility index (Phi) is 9.18. The van der Waals surface area contributed by atoms with Crippen LogP contribution in [0.5, 0.6) is 11.5 Å². The molecule has 1 heterocycles. The summed E-state index contributed by atoms with van der Waals surface area (Å²) in [5.41, 5.74) is 3.10. The molecule has 4 N–H and O–H groups in total. The van der Waals surface area contributed by atoms with E-state index in [-0.39, 0.29) is 18.0 Å². The zero-order valence-corrected chi connectivity index (χ0v) is 22.9. The summed E-state index contributed by atoms with van der Waals surface area (Å²) in [5, 5.41) is 9.74. The van der Waals surface area contributed by atoms with Gasteiger partial charge >= 0.3 is 0 Å². The highest BCUT2D eigenvalue weighted by Gasteiger charge is 2.13. The summed E-state index contributed by atoms with van der Waals surface area (Å²) in [6.07, 6.45) is 0. The Balaban J connectivity index is 1.42. The predicted octanol–water partition coefficient (Wildman–Crippen LogP) is 4.55. The highest BCUT2D eigenvalue weighted by Crippen LogP contribution is 2.21. The summed E-state index contributed by atoms with van der Waals surface area (Å²) < 4.78 is 38.1. The molecule has 4 rings (SSSR count). The molecular formula is C28H32N6O4S. The lowest BCUT2D eigenvalue weighted by molar-refractivity contribution is 0.414. The lowest BCUT2D eigenvalue weighted by Gasteiger charge is -2.13.